The molecule has 14 heavy (non-hydrogen) atoms. The van der Waals surface area contributed by atoms with Crippen LogP contribution in [0.5, 0.6) is 0 Å². The molecular weight excluding hydrogens is 244 g/mol. The first-order valence-corrected chi connectivity index (χ1v) is 6.06. The second-order valence-corrected chi connectivity index (χ2v) is 4.78. The Morgan fingerprint density at radius 3 is 2.57 bits per heavy atom. The average molecular weight is 265 g/mol. The van der Waals surface area contributed by atoms with Crippen molar-refractivity contribution in [2.45, 2.75) is 31.0 Å². The molecule has 1 amide bonds. The molecule has 0 aromatic heterocycles. The first kappa shape index (κ1) is 13.9. The first-order valence-electron chi connectivity index (χ1n) is 5.14. The van der Waals surface area contributed by atoms with Gasteiger partial charge in [-0.1, -0.05) is 22.9 Å². The molecule has 3 nitrogen and oxygen atoms in total. The molecule has 1 N–H and O–H groups in total. The van der Waals surface area contributed by atoms with Gasteiger partial charge in [0, 0.05) is 6.54 Å². The zero-order chi connectivity index (χ0) is 11.0. The minimum Gasteiger partial charge on any atom is -0.355 e. The van der Waals surface area contributed by atoms with E-state index in [9.17, 15) is 4.79 Å². The molecule has 84 valence electrons. The number of hydrogen-bond acceptors (Lipinski definition) is 2. The van der Waals surface area contributed by atoms with Crippen molar-refractivity contribution in [3.63, 3.8) is 0 Å². The standard InChI is InChI=1S/C10H21BrN2O/c1-4-9(11)10(14)12-7-5-6-8-13(2)3/h9H,4-8H2,1-3H3,(H,12,14). The summed E-state index contributed by atoms with van der Waals surface area (Å²) in [5.74, 6) is 0.109. The molecule has 0 saturated carbocycles. The van der Waals surface area contributed by atoms with Crippen molar-refractivity contribution in [1.29, 1.82) is 0 Å². The molecule has 0 aromatic rings. The number of unbranched alkanes of at least 4 members (excludes halogenated alkanes) is 1. The van der Waals surface area contributed by atoms with Crippen molar-refractivity contribution < 1.29 is 4.79 Å². The number of carbonyl (C=O) groups is 1. The third-order valence-corrected chi connectivity index (χ3v) is 3.04. The minimum atomic E-state index is -0.0312. The van der Waals surface area contributed by atoms with Crippen molar-refractivity contribution >= 4 is 21.8 Å². The fourth-order valence-electron chi connectivity index (χ4n) is 1.06. The summed E-state index contributed by atoms with van der Waals surface area (Å²) in [6.07, 6.45) is 3.02. The van der Waals surface area contributed by atoms with E-state index in [-0.39, 0.29) is 10.7 Å². The number of halogens is 1. The van der Waals surface area contributed by atoms with Crippen molar-refractivity contribution in [3.05, 3.63) is 0 Å². The number of amides is 1. The van der Waals surface area contributed by atoms with Gasteiger partial charge in [0.25, 0.3) is 0 Å². The van der Waals surface area contributed by atoms with Gasteiger partial charge in [0.05, 0.1) is 4.83 Å². The maximum Gasteiger partial charge on any atom is 0.233 e. The number of alkyl halides is 1. The van der Waals surface area contributed by atoms with Gasteiger partial charge in [0.15, 0.2) is 0 Å². The molecule has 0 aliphatic rings. The Hall–Kier alpha value is -0.0900. The van der Waals surface area contributed by atoms with E-state index in [2.05, 4.69) is 40.2 Å². The van der Waals surface area contributed by atoms with Crippen LogP contribution in [-0.4, -0.2) is 42.8 Å². The van der Waals surface area contributed by atoms with E-state index < -0.39 is 0 Å². The lowest BCUT2D eigenvalue weighted by molar-refractivity contribution is -0.120. The van der Waals surface area contributed by atoms with Gasteiger partial charge in [0.1, 0.15) is 0 Å². The SMILES string of the molecule is CCC(Br)C(=O)NCCCCN(C)C. The topological polar surface area (TPSA) is 32.3 Å². The van der Waals surface area contributed by atoms with Crippen LogP contribution in [-0.2, 0) is 4.79 Å². The molecule has 0 fully saturated rings. The van der Waals surface area contributed by atoms with Crippen LogP contribution < -0.4 is 5.32 Å². The predicted molar refractivity (Wildman–Crippen MR) is 63.8 cm³/mol. The molecule has 0 bridgehead atoms. The Kier molecular flexibility index (Phi) is 8.18. The van der Waals surface area contributed by atoms with Crippen molar-refractivity contribution in [3.8, 4) is 0 Å². The van der Waals surface area contributed by atoms with Gasteiger partial charge in [-0.3, -0.25) is 4.79 Å². The molecule has 0 rings (SSSR count). The third kappa shape index (κ3) is 7.33. The summed E-state index contributed by atoms with van der Waals surface area (Å²) < 4.78 is 0. The Balaban J connectivity index is 3.32. The number of hydrogen-bond donors (Lipinski definition) is 1. The summed E-state index contributed by atoms with van der Waals surface area (Å²) in [4.78, 5) is 13.4. The van der Waals surface area contributed by atoms with Crippen LogP contribution >= 0.6 is 15.9 Å². The average Bonchev–Trinajstić information content (AvgIpc) is 2.15. The highest BCUT2D eigenvalue weighted by Gasteiger charge is 2.10. The number of carbonyl (C=O) groups excluding carboxylic acids is 1. The highest BCUT2D eigenvalue weighted by atomic mass is 79.9. The summed E-state index contributed by atoms with van der Waals surface area (Å²) >= 11 is 3.31. The summed E-state index contributed by atoms with van der Waals surface area (Å²) in [7, 11) is 4.12. The van der Waals surface area contributed by atoms with Gasteiger partial charge >= 0.3 is 0 Å². The molecule has 0 aliphatic carbocycles. The molecule has 0 radical (unpaired) electrons. The minimum absolute atomic E-state index is 0.0312. The fourth-order valence-corrected chi connectivity index (χ4v) is 1.22. The lowest BCUT2D eigenvalue weighted by atomic mass is 10.3. The second-order valence-electron chi connectivity index (χ2n) is 3.68. The summed E-state index contributed by atoms with van der Waals surface area (Å²) in [5, 5.41) is 2.90. The number of nitrogens with one attached hydrogen (secondary N) is 1. The number of nitrogens with zero attached hydrogens (tertiary/aromatic N) is 1. The summed E-state index contributed by atoms with van der Waals surface area (Å²) in [6.45, 7) is 3.86. The van der Waals surface area contributed by atoms with Crippen LogP contribution in [0, 0.1) is 0 Å². The normalized spacial score (nSPS) is 12.9. The zero-order valence-electron chi connectivity index (χ0n) is 9.35. The van der Waals surface area contributed by atoms with Crippen LogP contribution in [0.15, 0.2) is 0 Å². The van der Waals surface area contributed by atoms with E-state index in [1.54, 1.807) is 0 Å². The largest absolute Gasteiger partial charge is 0.355 e. The Morgan fingerprint density at radius 1 is 1.43 bits per heavy atom. The molecule has 0 heterocycles. The van der Waals surface area contributed by atoms with E-state index >= 15 is 0 Å². The smallest absolute Gasteiger partial charge is 0.233 e. The molecule has 0 aliphatic heterocycles. The van der Waals surface area contributed by atoms with E-state index in [0.717, 1.165) is 32.4 Å². The van der Waals surface area contributed by atoms with Crippen molar-refractivity contribution in [2.24, 2.45) is 0 Å². The predicted octanol–water partition coefficient (Wildman–Crippen LogP) is 1.62. The molecule has 0 saturated heterocycles. The van der Waals surface area contributed by atoms with Crippen LogP contribution in [0.25, 0.3) is 0 Å². The van der Waals surface area contributed by atoms with E-state index in [0.29, 0.717) is 0 Å². The van der Waals surface area contributed by atoms with Crippen LogP contribution in [0.2, 0.25) is 0 Å². The van der Waals surface area contributed by atoms with Gasteiger partial charge in [-0.05, 0) is 39.9 Å². The second kappa shape index (κ2) is 8.24. The maximum absolute atomic E-state index is 11.3. The van der Waals surface area contributed by atoms with Gasteiger partial charge < -0.3 is 10.2 Å². The Morgan fingerprint density at radius 2 is 2.07 bits per heavy atom. The maximum atomic E-state index is 11.3. The first-order chi connectivity index (χ1) is 6.57. The Bertz CT molecular complexity index is 162. The molecule has 1 atom stereocenters. The molecule has 0 spiro atoms. The van der Waals surface area contributed by atoms with Gasteiger partial charge in [-0.2, -0.15) is 0 Å². The van der Waals surface area contributed by atoms with E-state index in [1.807, 2.05) is 6.92 Å². The molecular formula is C10H21BrN2O. The van der Waals surface area contributed by atoms with Gasteiger partial charge in [-0.15, -0.1) is 0 Å². The summed E-state index contributed by atoms with van der Waals surface area (Å²) in [5.41, 5.74) is 0. The Labute approximate surface area is 95.4 Å². The van der Waals surface area contributed by atoms with Crippen molar-refractivity contribution in [1.82, 2.24) is 10.2 Å². The fraction of sp³-hybridized carbons (Fsp3) is 0.900. The van der Waals surface area contributed by atoms with Crippen LogP contribution in [0.3, 0.4) is 0 Å². The lowest BCUT2D eigenvalue weighted by Gasteiger charge is -2.10. The molecule has 4 heteroatoms. The van der Waals surface area contributed by atoms with E-state index in [1.165, 1.54) is 0 Å². The zero-order valence-corrected chi connectivity index (χ0v) is 10.9. The van der Waals surface area contributed by atoms with Gasteiger partial charge in [-0.25, -0.2) is 0 Å². The highest BCUT2D eigenvalue weighted by Crippen LogP contribution is 2.03. The highest BCUT2D eigenvalue weighted by molar-refractivity contribution is 9.10. The number of rotatable bonds is 7. The molecule has 0 aromatic carbocycles. The lowest BCUT2D eigenvalue weighted by Crippen LogP contribution is -2.31. The monoisotopic (exact) mass is 264 g/mol. The van der Waals surface area contributed by atoms with Gasteiger partial charge in [0.2, 0.25) is 5.91 Å². The quantitative estimate of drug-likeness (QED) is 0.560. The molecule has 1 unspecified atom stereocenters. The van der Waals surface area contributed by atoms with Crippen molar-refractivity contribution in [2.75, 3.05) is 27.2 Å². The van der Waals surface area contributed by atoms with Crippen LogP contribution in [0.1, 0.15) is 26.2 Å². The van der Waals surface area contributed by atoms with Crippen LogP contribution in [0.4, 0.5) is 0 Å². The van der Waals surface area contributed by atoms with E-state index in [4.69, 9.17) is 0 Å². The third-order valence-electron chi connectivity index (χ3n) is 1.97. The summed E-state index contributed by atoms with van der Waals surface area (Å²) in [6, 6.07) is 0.